The van der Waals surface area contributed by atoms with Crippen LogP contribution in [0, 0.1) is 5.92 Å². The molecule has 1 rings (SSSR count). The van der Waals surface area contributed by atoms with E-state index >= 15 is 0 Å². The number of rotatable bonds is 2. The van der Waals surface area contributed by atoms with Crippen molar-refractivity contribution in [3.8, 4) is 0 Å². The molecule has 2 unspecified atom stereocenters. The second kappa shape index (κ2) is 5.35. The van der Waals surface area contributed by atoms with Gasteiger partial charge in [0.05, 0.1) is 12.0 Å². The fraction of sp³-hybridized carbons (Fsp3) is 0.857. The van der Waals surface area contributed by atoms with Gasteiger partial charge in [-0.2, -0.15) is 0 Å². The van der Waals surface area contributed by atoms with Crippen molar-refractivity contribution in [3.05, 3.63) is 0 Å². The van der Waals surface area contributed by atoms with Crippen molar-refractivity contribution in [3.63, 3.8) is 0 Å². The lowest BCUT2D eigenvalue weighted by atomic mass is 9.96. The molecule has 3 N–H and O–H groups in total. The van der Waals surface area contributed by atoms with Gasteiger partial charge in [0.25, 0.3) is 0 Å². The number of carboxylic acids is 1. The van der Waals surface area contributed by atoms with Crippen LogP contribution in [0.25, 0.3) is 0 Å². The van der Waals surface area contributed by atoms with E-state index in [1.807, 2.05) is 0 Å². The number of ether oxygens (including phenoxy) is 1. The lowest BCUT2D eigenvalue weighted by molar-refractivity contribution is -0.146. The summed E-state index contributed by atoms with van der Waals surface area (Å²) in [4.78, 5) is 10.5. The Hall–Kier alpha value is -0.320. The first kappa shape index (κ1) is 11.7. The zero-order valence-corrected chi connectivity index (χ0v) is 7.55. The summed E-state index contributed by atoms with van der Waals surface area (Å²) in [6, 6.07) is 0. The van der Waals surface area contributed by atoms with Gasteiger partial charge in [0.1, 0.15) is 0 Å². The molecule has 0 aromatic heterocycles. The Morgan fingerprint density at radius 1 is 1.67 bits per heavy atom. The molecule has 1 aliphatic heterocycles. The van der Waals surface area contributed by atoms with Gasteiger partial charge in [-0.05, 0) is 12.8 Å². The van der Waals surface area contributed by atoms with Crippen molar-refractivity contribution in [1.82, 2.24) is 0 Å². The van der Waals surface area contributed by atoms with Crippen molar-refractivity contribution in [1.29, 1.82) is 0 Å². The van der Waals surface area contributed by atoms with Crippen LogP contribution in [0.3, 0.4) is 0 Å². The normalized spacial score (nSPS) is 29.1. The molecule has 0 aromatic rings. The minimum Gasteiger partial charge on any atom is -0.481 e. The summed E-state index contributed by atoms with van der Waals surface area (Å²) in [5, 5.41) is 8.66. The monoisotopic (exact) mass is 195 g/mol. The lowest BCUT2D eigenvalue weighted by Gasteiger charge is -2.25. The maximum absolute atomic E-state index is 10.5. The number of carboxylic acid groups (broad SMARTS) is 1. The van der Waals surface area contributed by atoms with Crippen molar-refractivity contribution in [2.45, 2.75) is 18.9 Å². The lowest BCUT2D eigenvalue weighted by Crippen LogP contribution is -2.34. The molecule has 1 saturated heterocycles. The second-order valence-corrected chi connectivity index (χ2v) is 2.79. The molecule has 0 aromatic carbocycles. The average Bonchev–Trinajstić information content (AvgIpc) is 2.05. The number of hydrogen-bond acceptors (Lipinski definition) is 3. The maximum Gasteiger partial charge on any atom is 0.306 e. The Balaban J connectivity index is 0.00000121. The summed E-state index contributed by atoms with van der Waals surface area (Å²) in [5.41, 5.74) is 5.35. The Bertz CT molecular complexity index is 154. The van der Waals surface area contributed by atoms with E-state index in [0.29, 0.717) is 26.0 Å². The average molecular weight is 196 g/mol. The summed E-state index contributed by atoms with van der Waals surface area (Å²) in [6.07, 6.45) is 1.13. The van der Waals surface area contributed by atoms with Crippen LogP contribution in [0.15, 0.2) is 0 Å². The molecule has 1 aliphatic rings. The van der Waals surface area contributed by atoms with Crippen LogP contribution in [-0.4, -0.2) is 30.3 Å². The summed E-state index contributed by atoms with van der Waals surface area (Å²) < 4.78 is 5.22. The first-order valence-corrected chi connectivity index (χ1v) is 3.78. The van der Waals surface area contributed by atoms with Crippen molar-refractivity contribution < 1.29 is 14.6 Å². The summed E-state index contributed by atoms with van der Waals surface area (Å²) in [5.74, 6) is -0.982. The smallest absolute Gasteiger partial charge is 0.306 e. The van der Waals surface area contributed by atoms with Gasteiger partial charge in [-0.15, -0.1) is 12.4 Å². The molecule has 72 valence electrons. The minimum absolute atomic E-state index is 0. The molecule has 0 saturated carbocycles. The summed E-state index contributed by atoms with van der Waals surface area (Å²) in [6.45, 7) is 0.947. The number of halogens is 1. The van der Waals surface area contributed by atoms with Crippen LogP contribution in [0.5, 0.6) is 0 Å². The van der Waals surface area contributed by atoms with Crippen LogP contribution in [0.1, 0.15) is 12.8 Å². The van der Waals surface area contributed by atoms with E-state index in [1.165, 1.54) is 0 Å². The van der Waals surface area contributed by atoms with E-state index in [2.05, 4.69) is 0 Å². The highest BCUT2D eigenvalue weighted by molar-refractivity contribution is 5.85. The van der Waals surface area contributed by atoms with Crippen LogP contribution >= 0.6 is 12.4 Å². The molecule has 0 bridgehead atoms. The summed E-state index contributed by atoms with van der Waals surface area (Å²) >= 11 is 0. The van der Waals surface area contributed by atoms with E-state index in [9.17, 15) is 4.79 Å². The van der Waals surface area contributed by atoms with Gasteiger partial charge in [0.2, 0.25) is 0 Å². The van der Waals surface area contributed by atoms with Crippen LogP contribution < -0.4 is 5.73 Å². The zero-order valence-electron chi connectivity index (χ0n) is 6.73. The molecular formula is C7H14ClNO3. The quantitative estimate of drug-likeness (QED) is 0.663. The van der Waals surface area contributed by atoms with Gasteiger partial charge >= 0.3 is 5.97 Å². The first-order chi connectivity index (χ1) is 5.24. The molecule has 5 heteroatoms. The van der Waals surface area contributed by atoms with Crippen LogP contribution in [0.2, 0.25) is 0 Å². The highest BCUT2D eigenvalue weighted by Crippen LogP contribution is 2.19. The van der Waals surface area contributed by atoms with Gasteiger partial charge < -0.3 is 15.6 Å². The molecule has 0 aliphatic carbocycles. The van der Waals surface area contributed by atoms with Gasteiger partial charge in [0, 0.05) is 13.2 Å². The number of nitrogens with two attached hydrogens (primary N) is 1. The van der Waals surface area contributed by atoms with Gasteiger partial charge in [-0.3, -0.25) is 4.79 Å². The number of carbonyl (C=O) groups is 1. The summed E-state index contributed by atoms with van der Waals surface area (Å²) in [7, 11) is 0. The van der Waals surface area contributed by atoms with Crippen molar-refractivity contribution in [2.75, 3.05) is 13.2 Å². The molecule has 2 atom stereocenters. The highest BCUT2D eigenvalue weighted by atomic mass is 35.5. The molecule has 12 heavy (non-hydrogen) atoms. The Kier molecular flexibility index (Phi) is 5.20. The Morgan fingerprint density at radius 2 is 2.33 bits per heavy atom. The number of aliphatic carboxylic acids is 1. The molecule has 0 radical (unpaired) electrons. The van der Waals surface area contributed by atoms with E-state index < -0.39 is 5.97 Å². The van der Waals surface area contributed by atoms with E-state index in [-0.39, 0.29) is 24.4 Å². The topological polar surface area (TPSA) is 72.6 Å². The van der Waals surface area contributed by atoms with Gasteiger partial charge in [0.15, 0.2) is 0 Å². The zero-order chi connectivity index (χ0) is 8.27. The Morgan fingerprint density at radius 3 is 2.83 bits per heavy atom. The molecular weight excluding hydrogens is 182 g/mol. The molecule has 4 nitrogen and oxygen atoms in total. The fourth-order valence-corrected chi connectivity index (χ4v) is 1.27. The van der Waals surface area contributed by atoms with Crippen molar-refractivity contribution >= 4 is 18.4 Å². The van der Waals surface area contributed by atoms with Crippen LogP contribution in [-0.2, 0) is 9.53 Å². The first-order valence-electron chi connectivity index (χ1n) is 3.78. The van der Waals surface area contributed by atoms with Gasteiger partial charge in [-0.25, -0.2) is 0 Å². The highest BCUT2D eigenvalue weighted by Gasteiger charge is 2.26. The predicted octanol–water partition coefficient (Wildman–Crippen LogP) is 0.247. The van der Waals surface area contributed by atoms with Crippen molar-refractivity contribution in [2.24, 2.45) is 11.7 Å². The Labute approximate surface area is 77.5 Å². The second-order valence-electron chi connectivity index (χ2n) is 2.79. The minimum atomic E-state index is -0.730. The molecule has 0 amide bonds. The predicted molar refractivity (Wildman–Crippen MR) is 46.4 cm³/mol. The van der Waals surface area contributed by atoms with E-state index in [4.69, 9.17) is 15.6 Å². The third kappa shape index (κ3) is 2.97. The van der Waals surface area contributed by atoms with Crippen LogP contribution in [0.4, 0.5) is 0 Å². The molecule has 1 fully saturated rings. The third-order valence-corrected chi connectivity index (χ3v) is 1.98. The maximum atomic E-state index is 10.5. The largest absolute Gasteiger partial charge is 0.481 e. The SMILES string of the molecule is Cl.NCC1CC(C(=O)O)CCO1. The van der Waals surface area contributed by atoms with E-state index in [0.717, 1.165) is 0 Å². The third-order valence-electron chi connectivity index (χ3n) is 1.98. The molecule has 1 heterocycles. The van der Waals surface area contributed by atoms with Gasteiger partial charge in [-0.1, -0.05) is 0 Å². The number of hydrogen-bond donors (Lipinski definition) is 2. The standard InChI is InChI=1S/C7H13NO3.ClH/c8-4-6-3-5(7(9)10)1-2-11-6;/h5-6H,1-4,8H2,(H,9,10);1H. The van der Waals surface area contributed by atoms with E-state index in [1.54, 1.807) is 0 Å². The molecule has 0 spiro atoms. The fourth-order valence-electron chi connectivity index (χ4n) is 1.27.